The van der Waals surface area contributed by atoms with Crippen LogP contribution in [-0.4, -0.2) is 39.2 Å². The van der Waals surface area contributed by atoms with E-state index >= 15 is 0 Å². The number of amides is 2. The fourth-order valence-electron chi connectivity index (χ4n) is 1.22. The number of rotatable bonds is 6. The number of hydrogen-bond acceptors (Lipinski definition) is 5. The van der Waals surface area contributed by atoms with Gasteiger partial charge in [0.2, 0.25) is 5.89 Å². The van der Waals surface area contributed by atoms with Crippen LogP contribution in [0.4, 0.5) is 4.79 Å². The maximum atomic E-state index is 11.4. The summed E-state index contributed by atoms with van der Waals surface area (Å²) < 4.78 is 5.09. The van der Waals surface area contributed by atoms with Gasteiger partial charge in [-0.05, 0) is 6.92 Å². The minimum absolute atomic E-state index is 0.0287. The highest BCUT2D eigenvalue weighted by atomic mass is 16.4. The lowest BCUT2D eigenvalue weighted by Gasteiger charge is -2.12. The van der Waals surface area contributed by atoms with E-state index in [0.29, 0.717) is 5.76 Å². The number of urea groups is 1. The number of oxazole rings is 1. The van der Waals surface area contributed by atoms with E-state index in [4.69, 9.17) is 14.6 Å². The van der Waals surface area contributed by atoms with Crippen molar-refractivity contribution >= 4 is 18.0 Å². The fourth-order valence-corrected chi connectivity index (χ4v) is 1.22. The summed E-state index contributed by atoms with van der Waals surface area (Å²) in [4.78, 5) is 36.3. The average molecular weight is 271 g/mol. The van der Waals surface area contributed by atoms with E-state index in [0.717, 1.165) is 0 Å². The molecular weight excluding hydrogens is 258 g/mol. The van der Waals surface area contributed by atoms with Crippen molar-refractivity contribution in [3.05, 3.63) is 17.8 Å². The van der Waals surface area contributed by atoms with Crippen LogP contribution in [0.5, 0.6) is 0 Å². The molecule has 2 amide bonds. The van der Waals surface area contributed by atoms with Crippen molar-refractivity contribution in [2.75, 3.05) is 0 Å². The third-order valence-corrected chi connectivity index (χ3v) is 2.05. The van der Waals surface area contributed by atoms with Gasteiger partial charge in [-0.2, -0.15) is 0 Å². The van der Waals surface area contributed by atoms with E-state index in [2.05, 4.69) is 10.3 Å². The van der Waals surface area contributed by atoms with Crippen LogP contribution in [0.15, 0.2) is 10.6 Å². The highest BCUT2D eigenvalue weighted by Gasteiger charge is 2.22. The molecule has 1 aromatic rings. The third kappa shape index (κ3) is 5.06. The second kappa shape index (κ2) is 6.38. The van der Waals surface area contributed by atoms with Crippen molar-refractivity contribution in [2.45, 2.75) is 25.9 Å². The highest BCUT2D eigenvalue weighted by Crippen LogP contribution is 2.00. The van der Waals surface area contributed by atoms with Gasteiger partial charge in [0.1, 0.15) is 11.8 Å². The van der Waals surface area contributed by atoms with Gasteiger partial charge in [-0.3, -0.25) is 4.79 Å². The Balaban J connectivity index is 2.44. The zero-order valence-electron chi connectivity index (χ0n) is 10.0. The van der Waals surface area contributed by atoms with Gasteiger partial charge < -0.3 is 25.3 Å². The molecule has 0 aromatic carbocycles. The second-order valence-corrected chi connectivity index (χ2v) is 3.68. The summed E-state index contributed by atoms with van der Waals surface area (Å²) in [5.74, 6) is -1.91. The second-order valence-electron chi connectivity index (χ2n) is 3.68. The van der Waals surface area contributed by atoms with Crippen LogP contribution in [0.3, 0.4) is 0 Å². The number of aryl methyl sites for hydroxylation is 1. The monoisotopic (exact) mass is 271 g/mol. The summed E-state index contributed by atoms with van der Waals surface area (Å²) in [5, 5.41) is 21.6. The fraction of sp³-hybridized carbons (Fsp3) is 0.400. The smallest absolute Gasteiger partial charge is 0.326 e. The number of carboxylic acids is 2. The molecule has 9 heteroatoms. The van der Waals surface area contributed by atoms with Gasteiger partial charge in [-0.15, -0.1) is 0 Å². The van der Waals surface area contributed by atoms with Gasteiger partial charge >= 0.3 is 18.0 Å². The maximum absolute atomic E-state index is 11.4. The lowest BCUT2D eigenvalue weighted by molar-refractivity contribution is -0.145. The van der Waals surface area contributed by atoms with Crippen molar-refractivity contribution < 1.29 is 29.0 Å². The predicted octanol–water partition coefficient (Wildman–Crippen LogP) is -0.290. The minimum atomic E-state index is -1.50. The minimum Gasteiger partial charge on any atom is -0.481 e. The SMILES string of the molecule is Cc1cnc(CNC(=O)N[C@@H](CC(=O)O)C(=O)O)o1. The van der Waals surface area contributed by atoms with Crippen LogP contribution < -0.4 is 10.6 Å². The third-order valence-electron chi connectivity index (χ3n) is 2.05. The van der Waals surface area contributed by atoms with Crippen LogP contribution >= 0.6 is 0 Å². The van der Waals surface area contributed by atoms with Crippen LogP contribution in [0.1, 0.15) is 18.1 Å². The Morgan fingerprint density at radius 2 is 2.11 bits per heavy atom. The van der Waals surface area contributed by atoms with E-state index in [1.165, 1.54) is 6.20 Å². The Hall–Kier alpha value is -2.58. The summed E-state index contributed by atoms with van der Waals surface area (Å²) in [6.07, 6.45) is 0.764. The summed E-state index contributed by atoms with van der Waals surface area (Å²) in [6, 6.07) is -2.31. The van der Waals surface area contributed by atoms with Gasteiger partial charge in [-0.25, -0.2) is 14.6 Å². The number of carbonyl (C=O) groups excluding carboxylic acids is 1. The van der Waals surface area contributed by atoms with E-state index < -0.39 is 30.4 Å². The van der Waals surface area contributed by atoms with Gasteiger partial charge in [-0.1, -0.05) is 0 Å². The zero-order valence-corrected chi connectivity index (χ0v) is 10.0. The molecular formula is C10H13N3O6. The van der Waals surface area contributed by atoms with Crippen molar-refractivity contribution in [3.8, 4) is 0 Å². The van der Waals surface area contributed by atoms with Gasteiger partial charge in [0.05, 0.1) is 19.2 Å². The Kier molecular flexibility index (Phi) is 4.86. The lowest BCUT2D eigenvalue weighted by atomic mass is 10.2. The van der Waals surface area contributed by atoms with Gasteiger partial charge in [0.25, 0.3) is 0 Å². The van der Waals surface area contributed by atoms with Crippen LogP contribution in [0.2, 0.25) is 0 Å². The van der Waals surface area contributed by atoms with Gasteiger partial charge in [0.15, 0.2) is 0 Å². The number of carbonyl (C=O) groups is 3. The van der Waals surface area contributed by atoms with Gasteiger partial charge in [0, 0.05) is 0 Å². The van der Waals surface area contributed by atoms with Crippen LogP contribution in [0, 0.1) is 6.92 Å². The Bertz CT molecular complexity index is 483. The largest absolute Gasteiger partial charge is 0.481 e. The van der Waals surface area contributed by atoms with Crippen LogP contribution in [0.25, 0.3) is 0 Å². The molecule has 19 heavy (non-hydrogen) atoms. The summed E-state index contributed by atoms with van der Waals surface area (Å²) in [6.45, 7) is 1.66. The van der Waals surface area contributed by atoms with Crippen molar-refractivity contribution in [1.29, 1.82) is 0 Å². The molecule has 0 unspecified atom stereocenters. The molecule has 1 aromatic heterocycles. The number of nitrogens with one attached hydrogen (secondary N) is 2. The molecule has 1 atom stereocenters. The first kappa shape index (κ1) is 14.5. The number of carboxylic acid groups (broad SMARTS) is 2. The Morgan fingerprint density at radius 1 is 1.42 bits per heavy atom. The molecule has 0 aliphatic heterocycles. The number of aromatic nitrogens is 1. The molecule has 0 radical (unpaired) electrons. The molecule has 9 nitrogen and oxygen atoms in total. The van der Waals surface area contributed by atoms with Crippen molar-refractivity contribution in [2.24, 2.45) is 0 Å². The van der Waals surface area contributed by atoms with Crippen molar-refractivity contribution in [1.82, 2.24) is 15.6 Å². The first-order chi connectivity index (χ1) is 8.88. The standard InChI is InChI=1S/C10H13N3O6/c1-5-3-11-7(19-5)4-12-10(18)13-6(9(16)17)2-8(14)15/h3,6H,2,4H2,1H3,(H,14,15)(H,16,17)(H2,12,13,18)/t6-/m0/s1. The molecule has 1 rings (SSSR count). The van der Waals surface area contributed by atoms with Crippen molar-refractivity contribution in [3.63, 3.8) is 0 Å². The molecule has 0 saturated heterocycles. The molecule has 0 aliphatic carbocycles. The summed E-state index contributed by atoms with van der Waals surface area (Å²) in [7, 11) is 0. The number of hydrogen-bond donors (Lipinski definition) is 4. The topological polar surface area (TPSA) is 142 Å². The normalized spacial score (nSPS) is 11.6. The number of nitrogens with zero attached hydrogens (tertiary/aromatic N) is 1. The molecule has 0 bridgehead atoms. The average Bonchev–Trinajstić information content (AvgIpc) is 2.71. The zero-order chi connectivity index (χ0) is 14.4. The van der Waals surface area contributed by atoms with Crippen LogP contribution in [-0.2, 0) is 16.1 Å². The molecule has 0 aliphatic rings. The summed E-state index contributed by atoms with van der Waals surface area (Å²) in [5.41, 5.74) is 0. The quantitative estimate of drug-likeness (QED) is 0.556. The number of aliphatic carboxylic acids is 2. The predicted molar refractivity (Wildman–Crippen MR) is 60.3 cm³/mol. The van der Waals surface area contributed by atoms with E-state index in [-0.39, 0.29) is 12.4 Å². The molecule has 0 fully saturated rings. The first-order valence-corrected chi connectivity index (χ1v) is 5.28. The Morgan fingerprint density at radius 3 is 2.58 bits per heavy atom. The van der Waals surface area contributed by atoms with E-state index in [1.54, 1.807) is 6.92 Å². The van der Waals surface area contributed by atoms with E-state index in [9.17, 15) is 14.4 Å². The molecule has 0 spiro atoms. The molecule has 104 valence electrons. The summed E-state index contributed by atoms with van der Waals surface area (Å²) >= 11 is 0. The first-order valence-electron chi connectivity index (χ1n) is 5.28. The molecule has 1 heterocycles. The van der Waals surface area contributed by atoms with E-state index in [1.807, 2.05) is 5.32 Å². The molecule has 0 saturated carbocycles. The molecule has 4 N–H and O–H groups in total. The maximum Gasteiger partial charge on any atom is 0.326 e. The Labute approximate surface area is 107 Å². The highest BCUT2D eigenvalue weighted by molar-refractivity contribution is 5.86. The lowest BCUT2D eigenvalue weighted by Crippen LogP contribution is -2.46.